The molecule has 10 nitrogen and oxygen atoms in total. The summed E-state index contributed by atoms with van der Waals surface area (Å²) >= 11 is 0. The van der Waals surface area contributed by atoms with Crippen molar-refractivity contribution in [3.05, 3.63) is 32.9 Å². The Bertz CT molecular complexity index is 726. The van der Waals surface area contributed by atoms with Gasteiger partial charge < -0.3 is 25.2 Å². The van der Waals surface area contributed by atoms with E-state index in [9.17, 15) is 29.3 Å². The van der Waals surface area contributed by atoms with Gasteiger partial charge in [0.2, 0.25) is 11.4 Å². The first-order valence-corrected chi connectivity index (χ1v) is 6.03. The number of nitrogens with zero attached hydrogens (tertiary/aromatic N) is 2. The zero-order valence-corrected chi connectivity index (χ0v) is 10.9. The fourth-order valence-corrected chi connectivity index (χ4v) is 2.14. The molecule has 5 N–H and O–H groups in total. The Morgan fingerprint density at radius 1 is 1.50 bits per heavy atom. The first-order valence-electron chi connectivity index (χ1n) is 6.03. The van der Waals surface area contributed by atoms with Gasteiger partial charge in [0.25, 0.3) is 5.56 Å². The number of aromatic nitrogens is 2. The van der Waals surface area contributed by atoms with Gasteiger partial charge in [0.05, 0.1) is 12.8 Å². The number of H-pyrrole nitrogens is 1. The number of aromatic amines is 1. The maximum absolute atomic E-state index is 13.3. The van der Waals surface area contributed by atoms with Gasteiger partial charge in [0, 0.05) is 0 Å². The van der Waals surface area contributed by atoms with Gasteiger partial charge in [-0.3, -0.25) is 14.3 Å². The van der Waals surface area contributed by atoms with Crippen LogP contribution < -0.4 is 11.2 Å². The lowest BCUT2D eigenvalue weighted by Crippen LogP contribution is -2.64. The molecule has 11 heteroatoms. The van der Waals surface area contributed by atoms with Gasteiger partial charge >= 0.3 is 5.69 Å². The van der Waals surface area contributed by atoms with Crippen LogP contribution in [0.1, 0.15) is 6.23 Å². The topological polar surface area (TPSA) is 169 Å². The highest BCUT2D eigenvalue weighted by Crippen LogP contribution is 2.35. The fourth-order valence-electron chi connectivity index (χ4n) is 2.14. The van der Waals surface area contributed by atoms with Crippen molar-refractivity contribution in [2.24, 2.45) is 0 Å². The Morgan fingerprint density at radius 3 is 2.68 bits per heavy atom. The van der Waals surface area contributed by atoms with Crippen molar-refractivity contribution < 1.29 is 29.6 Å². The number of nitriles is 1. The molecule has 0 aromatic carbocycles. The lowest BCUT2D eigenvalue weighted by Gasteiger charge is -2.44. The highest BCUT2D eigenvalue weighted by molar-refractivity contribution is 5.14. The third kappa shape index (κ3) is 2.32. The van der Waals surface area contributed by atoms with E-state index < -0.39 is 53.8 Å². The van der Waals surface area contributed by atoms with E-state index in [1.54, 1.807) is 4.98 Å². The van der Waals surface area contributed by atoms with Crippen LogP contribution in [0.3, 0.4) is 0 Å². The van der Waals surface area contributed by atoms with Crippen molar-refractivity contribution in [2.45, 2.75) is 30.1 Å². The van der Waals surface area contributed by atoms with E-state index in [1.165, 1.54) is 6.07 Å². The third-order valence-electron chi connectivity index (χ3n) is 3.37. The van der Waals surface area contributed by atoms with Crippen molar-refractivity contribution >= 4 is 0 Å². The number of aliphatic hydroxyl groups excluding tert-OH is 3. The van der Waals surface area contributed by atoms with Gasteiger partial charge in [-0.05, 0) is 0 Å². The number of halogens is 1. The second kappa shape index (κ2) is 5.59. The number of aliphatic hydroxyl groups is 4. The largest absolute Gasteiger partial charge is 0.394 e. The van der Waals surface area contributed by atoms with E-state index >= 15 is 0 Å². The average Bonchev–Trinajstić information content (AvgIpc) is 2.49. The van der Waals surface area contributed by atoms with Crippen molar-refractivity contribution in [1.82, 2.24) is 9.55 Å². The molecule has 1 fully saturated rings. The van der Waals surface area contributed by atoms with E-state index in [-0.39, 0.29) is 0 Å². The highest BCUT2D eigenvalue weighted by Gasteiger charge is 2.56. The molecule has 2 heterocycles. The summed E-state index contributed by atoms with van der Waals surface area (Å²) in [7, 11) is 0. The molecule has 1 aromatic rings. The Hall–Kier alpha value is -2.10. The SMILES string of the molecule is N#C[C@@]1(O)C(n2cc(F)c(=O)[nH]c2=O)O[C@@H](CO)[C@@H](O)[C@H]1O. The second-order valence-electron chi connectivity index (χ2n) is 4.73. The van der Waals surface area contributed by atoms with Crippen molar-refractivity contribution in [1.29, 1.82) is 5.26 Å². The second-order valence-corrected chi connectivity index (χ2v) is 4.73. The maximum atomic E-state index is 13.3. The van der Waals surface area contributed by atoms with Crippen LogP contribution in [0, 0.1) is 17.1 Å². The minimum absolute atomic E-state index is 0.345. The maximum Gasteiger partial charge on any atom is 0.330 e. The summed E-state index contributed by atoms with van der Waals surface area (Å²) in [5, 5.41) is 47.8. The zero-order chi connectivity index (χ0) is 16.7. The summed E-state index contributed by atoms with van der Waals surface area (Å²) < 4.78 is 18.7. The van der Waals surface area contributed by atoms with Crippen LogP contribution in [0.4, 0.5) is 4.39 Å². The molecular weight excluding hydrogens is 305 g/mol. The summed E-state index contributed by atoms with van der Waals surface area (Å²) in [6, 6.07) is 1.28. The minimum Gasteiger partial charge on any atom is -0.394 e. The molecule has 1 aliphatic heterocycles. The highest BCUT2D eigenvalue weighted by atomic mass is 19.1. The summed E-state index contributed by atoms with van der Waals surface area (Å²) in [6.07, 6.45) is -6.97. The Kier molecular flexibility index (Phi) is 4.14. The third-order valence-corrected chi connectivity index (χ3v) is 3.37. The molecule has 1 aliphatic rings. The van der Waals surface area contributed by atoms with Gasteiger partial charge in [-0.1, -0.05) is 0 Å². The van der Waals surface area contributed by atoms with Crippen LogP contribution in [0.5, 0.6) is 0 Å². The Balaban J connectivity index is 2.61. The van der Waals surface area contributed by atoms with E-state index in [0.717, 1.165) is 0 Å². The lowest BCUT2D eigenvalue weighted by atomic mass is 9.86. The molecule has 1 aromatic heterocycles. The first-order chi connectivity index (χ1) is 10.3. The van der Waals surface area contributed by atoms with Gasteiger partial charge in [0.1, 0.15) is 24.4 Å². The van der Waals surface area contributed by atoms with Gasteiger partial charge in [-0.15, -0.1) is 0 Å². The predicted octanol–water partition coefficient (Wildman–Crippen LogP) is -3.46. The standard InChI is InChI=1S/C11H12FN3O7/c12-4-1-15(10(20)14-8(4)19)9-11(21,3-13)7(18)6(17)5(2-16)22-9/h1,5-7,9,16-18,21H,2H2,(H,14,19,20)/t5-,6+,7+,9?,11-/m0/s1. The van der Waals surface area contributed by atoms with Crippen LogP contribution in [0.25, 0.3) is 0 Å². The zero-order valence-electron chi connectivity index (χ0n) is 10.9. The molecule has 1 saturated heterocycles. The minimum atomic E-state index is -2.82. The van der Waals surface area contributed by atoms with Crippen LogP contribution in [0.2, 0.25) is 0 Å². The lowest BCUT2D eigenvalue weighted by molar-refractivity contribution is -0.278. The first kappa shape index (κ1) is 16.3. The van der Waals surface area contributed by atoms with Gasteiger partial charge in [-0.25, -0.2) is 4.79 Å². The molecule has 120 valence electrons. The number of nitrogens with one attached hydrogen (secondary N) is 1. The fraction of sp³-hybridized carbons (Fsp3) is 0.545. The molecule has 2 rings (SSSR count). The molecule has 0 saturated carbocycles. The average molecular weight is 317 g/mol. The number of hydrogen-bond donors (Lipinski definition) is 5. The van der Waals surface area contributed by atoms with Crippen LogP contribution in [0.15, 0.2) is 15.8 Å². The predicted molar refractivity (Wildman–Crippen MR) is 64.9 cm³/mol. The van der Waals surface area contributed by atoms with Gasteiger partial charge in [0.15, 0.2) is 6.23 Å². The normalized spacial score (nSPS) is 35.1. The smallest absolute Gasteiger partial charge is 0.330 e. The Labute approximate surface area is 121 Å². The number of ether oxygens (including phenoxy) is 1. The van der Waals surface area contributed by atoms with Crippen LogP contribution in [-0.4, -0.2) is 60.5 Å². The molecule has 0 bridgehead atoms. The van der Waals surface area contributed by atoms with Crippen LogP contribution in [-0.2, 0) is 4.74 Å². The van der Waals surface area contributed by atoms with Crippen molar-refractivity contribution in [3.63, 3.8) is 0 Å². The van der Waals surface area contributed by atoms with E-state index in [4.69, 9.17) is 15.1 Å². The van der Waals surface area contributed by atoms with E-state index in [1.807, 2.05) is 0 Å². The van der Waals surface area contributed by atoms with Crippen molar-refractivity contribution in [2.75, 3.05) is 6.61 Å². The molecule has 5 atom stereocenters. The monoisotopic (exact) mass is 317 g/mol. The Morgan fingerprint density at radius 2 is 2.14 bits per heavy atom. The van der Waals surface area contributed by atoms with Crippen molar-refractivity contribution in [3.8, 4) is 6.07 Å². The summed E-state index contributed by atoms with van der Waals surface area (Å²) in [6.45, 7) is -0.809. The molecule has 0 radical (unpaired) electrons. The summed E-state index contributed by atoms with van der Waals surface area (Å²) in [5.74, 6) is -1.40. The molecule has 0 aliphatic carbocycles. The molecule has 1 unspecified atom stereocenters. The van der Waals surface area contributed by atoms with Gasteiger partial charge in [-0.2, -0.15) is 9.65 Å². The molecule has 0 amide bonds. The number of rotatable bonds is 2. The summed E-state index contributed by atoms with van der Waals surface area (Å²) in [5.41, 5.74) is -5.36. The summed E-state index contributed by atoms with van der Waals surface area (Å²) in [4.78, 5) is 24.3. The molecule has 22 heavy (non-hydrogen) atoms. The van der Waals surface area contributed by atoms with E-state index in [0.29, 0.717) is 10.8 Å². The number of hydrogen-bond acceptors (Lipinski definition) is 8. The van der Waals surface area contributed by atoms with Crippen LogP contribution >= 0.6 is 0 Å². The molecule has 0 spiro atoms. The van der Waals surface area contributed by atoms with E-state index in [2.05, 4.69) is 0 Å². The quantitative estimate of drug-likeness (QED) is 0.351. The molecular formula is C11H12FN3O7.